The molecule has 0 aliphatic heterocycles. The summed E-state index contributed by atoms with van der Waals surface area (Å²) in [6.45, 7) is 7.80. The Labute approximate surface area is 265 Å². The highest BCUT2D eigenvalue weighted by molar-refractivity contribution is 5.97. The molecule has 5 N–H and O–H groups in total. The Hall–Kier alpha value is -4.50. The molecule has 1 rings (SSSR count). The first kappa shape index (κ1) is 39.5. The monoisotopic (exact) mass is 657 g/mol. The molecule has 5 amide bonds. The summed E-state index contributed by atoms with van der Waals surface area (Å²) in [5.41, 5.74) is 0.636. The molecule has 0 saturated heterocycles. The van der Waals surface area contributed by atoms with E-state index in [-0.39, 0.29) is 18.9 Å². The van der Waals surface area contributed by atoms with Gasteiger partial charge in [-0.25, -0.2) is 0 Å². The normalized spacial score (nSPS) is 13.9. The smallest absolute Gasteiger partial charge is 0.452 e. The largest absolute Gasteiger partial charge is 0.461 e. The second kappa shape index (κ2) is 18.5. The van der Waals surface area contributed by atoms with Gasteiger partial charge < -0.3 is 31.3 Å². The lowest BCUT2D eigenvalue weighted by molar-refractivity contribution is -0.175. The Balaban J connectivity index is 3.01. The van der Waals surface area contributed by atoms with Gasteiger partial charge in [0.15, 0.2) is 0 Å². The fourth-order valence-corrected chi connectivity index (χ4v) is 4.03. The number of esters is 1. The highest BCUT2D eigenvalue weighted by Crippen LogP contribution is 2.21. The van der Waals surface area contributed by atoms with Crippen molar-refractivity contribution in [1.29, 1.82) is 0 Å². The summed E-state index contributed by atoms with van der Waals surface area (Å²) >= 11 is 0. The molecule has 0 aromatic heterocycles. The first-order valence-electron chi connectivity index (χ1n) is 14.6. The third-order valence-corrected chi connectivity index (χ3v) is 6.37. The molecule has 0 spiro atoms. The molecule has 0 heterocycles. The number of carbonyl (C=O) groups excluding carboxylic acids is 7. The first-order chi connectivity index (χ1) is 21.3. The summed E-state index contributed by atoms with van der Waals surface area (Å²) in [5, 5.41) is 11.3. The maximum Gasteiger partial charge on any atom is 0.452 e. The molecule has 256 valence electrons. The molecule has 0 saturated carbocycles. The van der Waals surface area contributed by atoms with Gasteiger partial charge in [0.25, 0.3) is 5.78 Å². The Bertz CT molecular complexity index is 1240. The van der Waals surface area contributed by atoms with Gasteiger partial charge in [-0.1, -0.05) is 58.0 Å². The maximum absolute atomic E-state index is 13.1. The molecule has 1 aromatic carbocycles. The Morgan fingerprint density at radius 3 is 1.91 bits per heavy atom. The summed E-state index contributed by atoms with van der Waals surface area (Å²) in [7, 11) is 0. The molecule has 1 unspecified atom stereocenters. The molecule has 0 aliphatic rings. The third kappa shape index (κ3) is 14.5. The molecular formula is C30H42F3N5O8. The average molecular weight is 658 g/mol. The number of alkyl halides is 3. The number of ether oxygens (including phenoxy) is 1. The van der Waals surface area contributed by atoms with Crippen molar-refractivity contribution in [2.75, 3.05) is 6.54 Å². The maximum atomic E-state index is 13.1. The van der Waals surface area contributed by atoms with Gasteiger partial charge in [0.2, 0.25) is 29.5 Å². The van der Waals surface area contributed by atoms with Crippen molar-refractivity contribution in [1.82, 2.24) is 26.6 Å². The van der Waals surface area contributed by atoms with E-state index in [1.807, 2.05) is 19.2 Å². The molecular weight excluding hydrogens is 615 g/mol. The van der Waals surface area contributed by atoms with Gasteiger partial charge >= 0.3 is 12.1 Å². The number of ketones is 1. The predicted octanol–water partition coefficient (Wildman–Crippen LogP) is 1.05. The molecule has 13 nitrogen and oxygen atoms in total. The van der Waals surface area contributed by atoms with Crippen molar-refractivity contribution < 1.29 is 51.5 Å². The average Bonchev–Trinajstić information content (AvgIpc) is 2.95. The summed E-state index contributed by atoms with van der Waals surface area (Å²) < 4.78 is 44.2. The molecule has 4 atom stereocenters. The van der Waals surface area contributed by atoms with E-state index in [1.165, 1.54) is 20.8 Å². The molecule has 46 heavy (non-hydrogen) atoms. The van der Waals surface area contributed by atoms with Crippen LogP contribution >= 0.6 is 0 Å². The lowest BCUT2D eigenvalue weighted by Gasteiger charge is -2.25. The minimum absolute atomic E-state index is 0.0213. The number of nitrogens with one attached hydrogen (secondary N) is 5. The van der Waals surface area contributed by atoms with Crippen LogP contribution in [0.5, 0.6) is 0 Å². The van der Waals surface area contributed by atoms with E-state index in [9.17, 15) is 46.7 Å². The minimum Gasteiger partial charge on any atom is -0.461 e. The fourth-order valence-electron chi connectivity index (χ4n) is 4.03. The van der Waals surface area contributed by atoms with Gasteiger partial charge in [-0.2, -0.15) is 13.2 Å². The number of Topliss-reactive ketones (excluding diaryl/α,β-unsaturated/α-hetero) is 1. The fraction of sp³-hybridized carbons (Fsp3) is 0.567. The zero-order valence-electron chi connectivity index (χ0n) is 26.6. The van der Waals surface area contributed by atoms with Gasteiger partial charge in [0.1, 0.15) is 24.7 Å². The number of carbonyl (C=O) groups is 7. The van der Waals surface area contributed by atoms with Crippen molar-refractivity contribution in [2.45, 2.75) is 91.3 Å². The number of halogens is 3. The van der Waals surface area contributed by atoms with Gasteiger partial charge in [-0.05, 0) is 30.7 Å². The summed E-state index contributed by atoms with van der Waals surface area (Å²) in [6.07, 6.45) is -5.65. The van der Waals surface area contributed by atoms with Crippen LogP contribution in [-0.2, 0) is 44.9 Å². The Morgan fingerprint density at radius 1 is 0.783 bits per heavy atom. The van der Waals surface area contributed by atoms with E-state index in [4.69, 9.17) is 4.74 Å². The predicted molar refractivity (Wildman–Crippen MR) is 158 cm³/mol. The van der Waals surface area contributed by atoms with Crippen molar-refractivity contribution in [2.24, 2.45) is 11.8 Å². The SMILES string of the molecule is CC(=O)N[C@@H](CC(C)C)C(=O)NCC(=O)N[C@@H](CC(=O)OCc1ccccc1)C(=O)N[C@@H](C)C(=O)NC(C(=O)C(F)(F)F)C(C)C. The summed E-state index contributed by atoms with van der Waals surface area (Å²) in [4.78, 5) is 87.0. The van der Waals surface area contributed by atoms with Crippen LogP contribution in [0.4, 0.5) is 13.2 Å². The third-order valence-electron chi connectivity index (χ3n) is 6.37. The highest BCUT2D eigenvalue weighted by atomic mass is 19.4. The van der Waals surface area contributed by atoms with Gasteiger partial charge in [-0.15, -0.1) is 0 Å². The summed E-state index contributed by atoms with van der Waals surface area (Å²) in [5.74, 6) is -8.23. The van der Waals surface area contributed by atoms with E-state index >= 15 is 0 Å². The zero-order valence-corrected chi connectivity index (χ0v) is 26.6. The van der Waals surface area contributed by atoms with Crippen molar-refractivity contribution in [3.05, 3.63) is 35.9 Å². The van der Waals surface area contributed by atoms with Crippen molar-refractivity contribution >= 4 is 41.3 Å². The van der Waals surface area contributed by atoms with Crippen molar-refractivity contribution in [3.8, 4) is 0 Å². The second-order valence-electron chi connectivity index (χ2n) is 11.4. The van der Waals surface area contributed by atoms with Crippen LogP contribution in [-0.4, -0.2) is 78.2 Å². The van der Waals surface area contributed by atoms with Crippen LogP contribution in [0.3, 0.4) is 0 Å². The molecule has 16 heteroatoms. The first-order valence-corrected chi connectivity index (χ1v) is 14.6. The second-order valence-corrected chi connectivity index (χ2v) is 11.4. The number of hydrogen-bond acceptors (Lipinski definition) is 8. The van der Waals surface area contributed by atoms with Crippen LogP contribution < -0.4 is 26.6 Å². The van der Waals surface area contributed by atoms with Crippen LogP contribution in [0.1, 0.15) is 59.9 Å². The lowest BCUT2D eigenvalue weighted by Crippen LogP contribution is -2.57. The van der Waals surface area contributed by atoms with Crippen molar-refractivity contribution in [3.63, 3.8) is 0 Å². The molecule has 0 fully saturated rings. The Morgan fingerprint density at radius 2 is 1.39 bits per heavy atom. The molecule has 0 bridgehead atoms. The summed E-state index contributed by atoms with van der Waals surface area (Å²) in [6, 6.07) is 2.56. The lowest BCUT2D eigenvalue weighted by atomic mass is 9.99. The molecule has 0 aliphatic carbocycles. The quantitative estimate of drug-likeness (QED) is 0.154. The van der Waals surface area contributed by atoms with Crippen LogP contribution in [0.25, 0.3) is 0 Å². The van der Waals surface area contributed by atoms with E-state index in [0.717, 1.165) is 6.92 Å². The number of amides is 5. The van der Waals surface area contributed by atoms with Gasteiger partial charge in [0.05, 0.1) is 19.0 Å². The van der Waals surface area contributed by atoms with E-state index in [2.05, 4.69) is 21.3 Å². The molecule has 1 aromatic rings. The van der Waals surface area contributed by atoms with E-state index in [1.54, 1.807) is 30.3 Å². The standard InChI is InChI=1S/C30H42F3N5O8/c1-16(2)12-21(36-19(6)39)28(44)34-14-23(40)37-22(13-24(41)46-15-20-10-8-7-9-11-20)29(45)35-18(5)27(43)38-25(17(3)4)26(42)30(31,32)33/h7-11,16-18,21-22,25H,12-15H2,1-6H3,(H,34,44)(H,35,45)(H,36,39)(H,37,40)(H,38,43)/t18-,21-,22-,25?/m0/s1. The topological polar surface area (TPSA) is 189 Å². The molecule has 0 radical (unpaired) electrons. The van der Waals surface area contributed by atoms with Gasteiger partial charge in [-0.3, -0.25) is 33.6 Å². The van der Waals surface area contributed by atoms with E-state index in [0.29, 0.717) is 5.56 Å². The van der Waals surface area contributed by atoms with Gasteiger partial charge in [0, 0.05) is 6.92 Å². The highest BCUT2D eigenvalue weighted by Gasteiger charge is 2.45. The Kier molecular flexibility index (Phi) is 15.9. The minimum atomic E-state index is -5.21. The van der Waals surface area contributed by atoms with Crippen LogP contribution in [0.15, 0.2) is 30.3 Å². The van der Waals surface area contributed by atoms with E-state index < -0.39 is 90.5 Å². The van der Waals surface area contributed by atoms with Crippen LogP contribution in [0, 0.1) is 11.8 Å². The number of hydrogen-bond donors (Lipinski definition) is 5. The number of rotatable bonds is 17. The van der Waals surface area contributed by atoms with Crippen LogP contribution in [0.2, 0.25) is 0 Å². The zero-order chi connectivity index (χ0) is 35.2. The number of benzene rings is 1.